The molecule has 2 fully saturated rings. The number of rotatable bonds is 2. The van der Waals surface area contributed by atoms with Crippen molar-refractivity contribution in [2.75, 3.05) is 11.1 Å². The van der Waals surface area contributed by atoms with Crippen LogP contribution in [-0.4, -0.2) is 33.4 Å². The van der Waals surface area contributed by atoms with Crippen LogP contribution < -0.4 is 5.32 Å². The van der Waals surface area contributed by atoms with Gasteiger partial charge in [0.15, 0.2) is 0 Å². The van der Waals surface area contributed by atoms with Crippen LogP contribution in [0.4, 0.5) is 5.69 Å². The van der Waals surface area contributed by atoms with Gasteiger partial charge in [0.25, 0.3) is 0 Å². The van der Waals surface area contributed by atoms with E-state index < -0.39 is 0 Å². The van der Waals surface area contributed by atoms with Gasteiger partial charge in [-0.25, -0.2) is 0 Å². The van der Waals surface area contributed by atoms with E-state index in [1.165, 1.54) is 5.56 Å². The van der Waals surface area contributed by atoms with E-state index in [0.717, 1.165) is 15.7 Å². The van der Waals surface area contributed by atoms with E-state index in [2.05, 4.69) is 34.8 Å². The minimum atomic E-state index is -0.353. The molecule has 112 valence electrons. The Morgan fingerprint density at radius 3 is 3.00 bits per heavy atom. The van der Waals surface area contributed by atoms with E-state index in [4.69, 9.17) is 0 Å². The number of fused-ring (bicyclic) bond motifs is 1. The smallest absolute Gasteiger partial charge is 0.248 e. The van der Waals surface area contributed by atoms with Gasteiger partial charge in [-0.05, 0) is 60.6 Å². The quantitative estimate of drug-likeness (QED) is 0.755. The summed E-state index contributed by atoms with van der Waals surface area (Å²) < 4.78 is 1.12. The van der Waals surface area contributed by atoms with Crippen molar-refractivity contribution in [1.29, 1.82) is 0 Å². The third kappa shape index (κ3) is 2.67. The fourth-order valence-corrected chi connectivity index (χ4v) is 4.86. The molecule has 2 aliphatic rings. The number of nitrogens with zero attached hydrogens (tertiary/aromatic N) is 1. The molecule has 0 bridgehead atoms. The monoisotopic (exact) mass is 416 g/mol. The molecule has 0 aromatic heterocycles. The molecule has 2 heterocycles. The minimum absolute atomic E-state index is 0.0823. The summed E-state index contributed by atoms with van der Waals surface area (Å²) in [6.07, 6.45) is 1.39. The predicted molar refractivity (Wildman–Crippen MR) is 93.3 cm³/mol. The van der Waals surface area contributed by atoms with E-state index >= 15 is 0 Å². The standard InChI is InChI=1S/C15H17IN2O2S/c1-9-3-4-10(7-11(9)16)17-14(20)12-8-21-15(2)6-5-13(19)18(12)15/h3-4,7,12H,5-6,8H2,1-2H3,(H,17,20)/t12-,15-/m1/s1. The van der Waals surface area contributed by atoms with Crippen LogP contribution in [0.3, 0.4) is 0 Å². The summed E-state index contributed by atoms with van der Waals surface area (Å²) in [5, 5.41) is 2.95. The van der Waals surface area contributed by atoms with E-state index in [1.807, 2.05) is 25.1 Å². The van der Waals surface area contributed by atoms with E-state index in [9.17, 15) is 9.59 Å². The van der Waals surface area contributed by atoms with Crippen molar-refractivity contribution in [3.8, 4) is 0 Å². The van der Waals surface area contributed by atoms with Crippen molar-refractivity contribution in [1.82, 2.24) is 4.90 Å². The number of carbonyl (C=O) groups excluding carboxylic acids is 2. The molecule has 1 aromatic carbocycles. The normalized spacial score (nSPS) is 27.9. The van der Waals surface area contributed by atoms with Crippen molar-refractivity contribution in [3.05, 3.63) is 27.3 Å². The highest BCUT2D eigenvalue weighted by atomic mass is 127. The lowest BCUT2D eigenvalue weighted by Crippen LogP contribution is -2.48. The van der Waals surface area contributed by atoms with Gasteiger partial charge >= 0.3 is 0 Å². The number of thioether (sulfide) groups is 1. The molecule has 1 aromatic rings. The van der Waals surface area contributed by atoms with Crippen molar-refractivity contribution in [3.63, 3.8) is 0 Å². The lowest BCUT2D eigenvalue weighted by molar-refractivity contribution is -0.135. The summed E-state index contributed by atoms with van der Waals surface area (Å²) in [6.45, 7) is 4.10. The van der Waals surface area contributed by atoms with E-state index in [-0.39, 0.29) is 22.7 Å². The maximum absolute atomic E-state index is 12.5. The topological polar surface area (TPSA) is 49.4 Å². The second kappa shape index (κ2) is 5.46. The largest absolute Gasteiger partial charge is 0.324 e. The molecule has 0 aliphatic carbocycles. The lowest BCUT2D eigenvalue weighted by Gasteiger charge is -2.29. The number of anilines is 1. The Morgan fingerprint density at radius 2 is 2.29 bits per heavy atom. The number of aryl methyl sites for hydroxylation is 1. The number of nitrogens with one attached hydrogen (secondary N) is 1. The molecule has 4 nitrogen and oxygen atoms in total. The summed E-state index contributed by atoms with van der Waals surface area (Å²) in [4.78, 5) is 26.2. The first kappa shape index (κ1) is 15.1. The van der Waals surface area contributed by atoms with E-state index in [0.29, 0.717) is 12.2 Å². The average molecular weight is 416 g/mol. The van der Waals surface area contributed by atoms with Gasteiger partial charge in [0.05, 0.1) is 4.87 Å². The van der Waals surface area contributed by atoms with Crippen LogP contribution in [0, 0.1) is 10.5 Å². The van der Waals surface area contributed by atoms with Crippen LogP contribution >= 0.6 is 34.4 Å². The summed E-state index contributed by atoms with van der Waals surface area (Å²) in [7, 11) is 0. The minimum Gasteiger partial charge on any atom is -0.324 e. The molecule has 2 saturated heterocycles. The van der Waals surface area contributed by atoms with Gasteiger partial charge in [-0.15, -0.1) is 11.8 Å². The first-order chi connectivity index (χ1) is 9.90. The van der Waals surface area contributed by atoms with Gasteiger partial charge in [0, 0.05) is 21.4 Å². The second-order valence-corrected chi connectivity index (χ2v) is 8.38. The van der Waals surface area contributed by atoms with Gasteiger partial charge in [-0.1, -0.05) is 6.07 Å². The van der Waals surface area contributed by atoms with Crippen LogP contribution in [0.5, 0.6) is 0 Å². The van der Waals surface area contributed by atoms with Crippen LogP contribution in [-0.2, 0) is 9.59 Å². The Morgan fingerprint density at radius 1 is 1.52 bits per heavy atom. The van der Waals surface area contributed by atoms with Crippen LogP contribution in [0.25, 0.3) is 0 Å². The van der Waals surface area contributed by atoms with Gasteiger partial charge in [0.2, 0.25) is 11.8 Å². The third-order valence-corrected chi connectivity index (χ3v) is 6.85. The number of carbonyl (C=O) groups is 2. The van der Waals surface area contributed by atoms with Crippen molar-refractivity contribution >= 4 is 51.9 Å². The molecule has 1 N–H and O–H groups in total. The van der Waals surface area contributed by atoms with Crippen LogP contribution in [0.1, 0.15) is 25.3 Å². The zero-order valence-corrected chi connectivity index (χ0v) is 15.0. The highest BCUT2D eigenvalue weighted by Gasteiger charge is 2.52. The van der Waals surface area contributed by atoms with Gasteiger partial charge in [0.1, 0.15) is 6.04 Å². The summed E-state index contributed by atoms with van der Waals surface area (Å²) in [5.74, 6) is 0.694. The molecule has 21 heavy (non-hydrogen) atoms. The average Bonchev–Trinajstić information content (AvgIpc) is 2.91. The Bertz CT molecular complexity index is 622. The van der Waals surface area contributed by atoms with E-state index in [1.54, 1.807) is 16.7 Å². The van der Waals surface area contributed by atoms with Gasteiger partial charge in [-0.3, -0.25) is 9.59 Å². The van der Waals surface area contributed by atoms with Gasteiger partial charge < -0.3 is 10.2 Å². The number of hydrogen-bond acceptors (Lipinski definition) is 3. The first-order valence-electron chi connectivity index (χ1n) is 6.94. The number of halogens is 1. The molecule has 2 atom stereocenters. The lowest BCUT2D eigenvalue weighted by atomic mass is 10.2. The summed E-state index contributed by atoms with van der Waals surface area (Å²) in [5.41, 5.74) is 1.98. The molecule has 2 amide bonds. The van der Waals surface area contributed by atoms with Crippen molar-refractivity contribution in [2.45, 2.75) is 37.6 Å². The highest BCUT2D eigenvalue weighted by Crippen LogP contribution is 2.47. The summed E-state index contributed by atoms with van der Waals surface area (Å²) in [6, 6.07) is 5.50. The fourth-order valence-electron chi connectivity index (χ4n) is 2.91. The number of benzene rings is 1. The van der Waals surface area contributed by atoms with Crippen molar-refractivity contribution < 1.29 is 9.59 Å². The maximum atomic E-state index is 12.5. The SMILES string of the molecule is Cc1ccc(NC(=O)[C@H]2CS[C@]3(C)CCC(=O)N23)cc1I. The zero-order chi connectivity index (χ0) is 15.2. The Hall–Kier alpha value is -0.760. The Kier molecular flexibility index (Phi) is 3.94. The second-order valence-electron chi connectivity index (χ2n) is 5.72. The summed E-state index contributed by atoms with van der Waals surface area (Å²) >= 11 is 3.97. The number of amides is 2. The third-order valence-electron chi connectivity index (χ3n) is 4.19. The molecular formula is C15H17IN2O2S. The molecule has 0 spiro atoms. The Balaban J connectivity index is 1.77. The Labute approximate surface area is 142 Å². The predicted octanol–water partition coefficient (Wildman–Crippen LogP) is 2.99. The molecule has 0 radical (unpaired) electrons. The number of hydrogen-bond donors (Lipinski definition) is 1. The molecule has 6 heteroatoms. The molecule has 0 unspecified atom stereocenters. The van der Waals surface area contributed by atoms with Gasteiger partial charge in [-0.2, -0.15) is 0 Å². The van der Waals surface area contributed by atoms with Crippen LogP contribution in [0.2, 0.25) is 0 Å². The maximum Gasteiger partial charge on any atom is 0.248 e. The fraction of sp³-hybridized carbons (Fsp3) is 0.467. The molecule has 2 aliphatic heterocycles. The highest BCUT2D eigenvalue weighted by molar-refractivity contribution is 14.1. The molecule has 3 rings (SSSR count). The molecular weight excluding hydrogens is 399 g/mol. The zero-order valence-electron chi connectivity index (χ0n) is 12.0. The van der Waals surface area contributed by atoms with Crippen molar-refractivity contribution in [2.24, 2.45) is 0 Å². The first-order valence-corrected chi connectivity index (χ1v) is 9.00. The molecule has 0 saturated carbocycles. The van der Waals surface area contributed by atoms with Crippen LogP contribution in [0.15, 0.2) is 18.2 Å².